The van der Waals surface area contributed by atoms with Crippen molar-refractivity contribution in [3.63, 3.8) is 0 Å². The fourth-order valence-corrected chi connectivity index (χ4v) is 4.26. The average molecular weight is 305 g/mol. The molecule has 126 valence electrons. The highest BCUT2D eigenvalue weighted by atomic mass is 16.5. The lowest BCUT2D eigenvalue weighted by Crippen LogP contribution is -2.18. The number of unbranched alkanes of at least 4 members (excludes halogenated alkanes) is 1. The molecule has 0 saturated heterocycles. The molecule has 1 aliphatic carbocycles. The van der Waals surface area contributed by atoms with Crippen LogP contribution in [0.15, 0.2) is 23.5 Å². The Balaban J connectivity index is 2.24. The normalized spacial score (nSPS) is 27.0. The minimum atomic E-state index is 0.771. The van der Waals surface area contributed by atoms with E-state index in [1.54, 1.807) is 11.1 Å². The first-order valence-corrected chi connectivity index (χ1v) is 9.87. The van der Waals surface area contributed by atoms with Gasteiger partial charge in [0.25, 0.3) is 0 Å². The van der Waals surface area contributed by atoms with Gasteiger partial charge in [-0.05, 0) is 54.7 Å². The third kappa shape index (κ3) is 5.18. The van der Waals surface area contributed by atoms with Crippen molar-refractivity contribution >= 4 is 0 Å². The lowest BCUT2D eigenvalue weighted by Gasteiger charge is -2.29. The lowest BCUT2D eigenvalue weighted by atomic mass is 9.79. The molecule has 0 aromatic rings. The average Bonchev–Trinajstić information content (AvgIpc) is 2.58. The topological polar surface area (TPSA) is 9.23 Å². The Kier molecular flexibility index (Phi) is 8.12. The molecule has 0 fully saturated rings. The fraction of sp³-hybridized carbons (Fsp3) is 0.810. The Morgan fingerprint density at radius 3 is 2.36 bits per heavy atom. The highest BCUT2D eigenvalue weighted by molar-refractivity contribution is 5.32. The molecular weight excluding hydrogens is 268 g/mol. The molecule has 0 aromatic carbocycles. The molecule has 2 aliphatic rings. The van der Waals surface area contributed by atoms with E-state index in [0.29, 0.717) is 0 Å². The predicted molar refractivity (Wildman–Crippen MR) is 95.9 cm³/mol. The third-order valence-corrected chi connectivity index (χ3v) is 5.53. The molecule has 0 N–H and O–H groups in total. The van der Waals surface area contributed by atoms with Gasteiger partial charge in [-0.1, -0.05) is 65.2 Å². The van der Waals surface area contributed by atoms with Crippen LogP contribution >= 0.6 is 0 Å². The first-order chi connectivity index (χ1) is 10.9. The fourth-order valence-electron chi connectivity index (χ4n) is 4.26. The van der Waals surface area contributed by atoms with Crippen LogP contribution in [0.2, 0.25) is 0 Å². The van der Waals surface area contributed by atoms with Crippen LogP contribution in [-0.4, -0.2) is 6.61 Å². The largest absolute Gasteiger partial charge is 0.497 e. The van der Waals surface area contributed by atoms with Crippen molar-refractivity contribution in [3.05, 3.63) is 23.5 Å². The SMILES string of the molecule is CCCCC1CCCCCCCC(CCC)C2=C1C=COC2. The van der Waals surface area contributed by atoms with E-state index in [1.165, 1.54) is 77.0 Å². The van der Waals surface area contributed by atoms with Gasteiger partial charge in [0.05, 0.1) is 6.26 Å². The van der Waals surface area contributed by atoms with Gasteiger partial charge in [0, 0.05) is 0 Å². The molecule has 0 saturated carbocycles. The number of hydrogen-bond acceptors (Lipinski definition) is 1. The quantitative estimate of drug-likeness (QED) is 0.543. The molecule has 0 amide bonds. The van der Waals surface area contributed by atoms with E-state index in [9.17, 15) is 0 Å². The van der Waals surface area contributed by atoms with Gasteiger partial charge in [0.15, 0.2) is 0 Å². The van der Waals surface area contributed by atoms with E-state index in [4.69, 9.17) is 4.74 Å². The van der Waals surface area contributed by atoms with Crippen LogP contribution in [0.25, 0.3) is 0 Å². The summed E-state index contributed by atoms with van der Waals surface area (Å²) in [5.41, 5.74) is 3.33. The van der Waals surface area contributed by atoms with E-state index < -0.39 is 0 Å². The molecule has 2 atom stereocenters. The van der Waals surface area contributed by atoms with E-state index >= 15 is 0 Å². The van der Waals surface area contributed by atoms with Gasteiger partial charge in [-0.3, -0.25) is 0 Å². The van der Waals surface area contributed by atoms with Crippen LogP contribution in [-0.2, 0) is 4.74 Å². The third-order valence-electron chi connectivity index (χ3n) is 5.53. The summed E-state index contributed by atoms with van der Waals surface area (Å²) in [5, 5.41) is 0. The molecule has 0 spiro atoms. The maximum absolute atomic E-state index is 5.73. The summed E-state index contributed by atoms with van der Waals surface area (Å²) >= 11 is 0. The second-order valence-electron chi connectivity index (χ2n) is 7.26. The molecule has 0 aromatic heterocycles. The van der Waals surface area contributed by atoms with E-state index in [1.807, 2.05) is 6.26 Å². The van der Waals surface area contributed by atoms with Crippen LogP contribution in [0.5, 0.6) is 0 Å². The maximum atomic E-state index is 5.73. The molecule has 22 heavy (non-hydrogen) atoms. The second-order valence-corrected chi connectivity index (χ2v) is 7.26. The Labute approximate surface area is 138 Å². The van der Waals surface area contributed by atoms with Crippen molar-refractivity contribution in [1.29, 1.82) is 0 Å². The van der Waals surface area contributed by atoms with Gasteiger partial charge in [0.1, 0.15) is 6.61 Å². The summed E-state index contributed by atoms with van der Waals surface area (Å²) in [7, 11) is 0. The van der Waals surface area contributed by atoms with Crippen LogP contribution < -0.4 is 0 Å². The second kappa shape index (κ2) is 10.1. The molecule has 1 heteroatoms. The molecular formula is C21H36O. The minimum Gasteiger partial charge on any atom is -0.497 e. The minimum absolute atomic E-state index is 0.771. The summed E-state index contributed by atoms with van der Waals surface area (Å²) < 4.78 is 5.73. The van der Waals surface area contributed by atoms with Crippen LogP contribution in [0.1, 0.15) is 90.9 Å². The van der Waals surface area contributed by atoms with Crippen molar-refractivity contribution in [2.45, 2.75) is 90.9 Å². The number of hydrogen-bond donors (Lipinski definition) is 0. The maximum Gasteiger partial charge on any atom is 0.109 e. The van der Waals surface area contributed by atoms with Crippen molar-refractivity contribution in [2.24, 2.45) is 11.8 Å². The zero-order valence-electron chi connectivity index (χ0n) is 14.9. The summed E-state index contributed by atoms with van der Waals surface area (Å²) in [4.78, 5) is 0. The Bertz CT molecular complexity index is 366. The number of ether oxygens (including phenoxy) is 1. The van der Waals surface area contributed by atoms with Crippen molar-refractivity contribution in [2.75, 3.05) is 6.61 Å². The van der Waals surface area contributed by atoms with Gasteiger partial charge in [-0.15, -0.1) is 0 Å². The number of rotatable bonds is 5. The van der Waals surface area contributed by atoms with Gasteiger partial charge in [0.2, 0.25) is 0 Å². The van der Waals surface area contributed by atoms with E-state index in [2.05, 4.69) is 19.9 Å². The van der Waals surface area contributed by atoms with Gasteiger partial charge in [-0.25, -0.2) is 0 Å². The Hall–Kier alpha value is -0.720. The van der Waals surface area contributed by atoms with Crippen LogP contribution in [0.3, 0.4) is 0 Å². The van der Waals surface area contributed by atoms with Gasteiger partial charge < -0.3 is 4.74 Å². The Morgan fingerprint density at radius 1 is 0.909 bits per heavy atom. The highest BCUT2D eigenvalue weighted by Crippen LogP contribution is 2.36. The zero-order valence-corrected chi connectivity index (χ0v) is 14.9. The number of allylic oxidation sites excluding steroid dienone is 2. The van der Waals surface area contributed by atoms with Crippen molar-refractivity contribution < 1.29 is 4.74 Å². The standard InChI is InChI=1S/C21H36O/c1-3-5-12-19-14-10-8-6-7-9-13-18(11-4-2)21-17-22-16-15-20(19)21/h15-16,18-19H,3-14,17H2,1-2H3. The van der Waals surface area contributed by atoms with Crippen molar-refractivity contribution in [3.8, 4) is 0 Å². The molecule has 1 heterocycles. The molecule has 0 bridgehead atoms. The Morgan fingerprint density at radius 2 is 1.64 bits per heavy atom. The van der Waals surface area contributed by atoms with Crippen LogP contribution in [0, 0.1) is 11.8 Å². The summed E-state index contributed by atoms with van der Waals surface area (Å²) in [6.07, 6.45) is 20.9. The first-order valence-electron chi connectivity index (χ1n) is 9.87. The monoisotopic (exact) mass is 304 g/mol. The van der Waals surface area contributed by atoms with Gasteiger partial charge in [-0.2, -0.15) is 0 Å². The molecule has 1 aliphatic heterocycles. The highest BCUT2D eigenvalue weighted by Gasteiger charge is 2.24. The molecule has 0 radical (unpaired) electrons. The van der Waals surface area contributed by atoms with E-state index in [-0.39, 0.29) is 0 Å². The molecule has 2 unspecified atom stereocenters. The summed E-state index contributed by atoms with van der Waals surface area (Å²) in [6.45, 7) is 5.51. The van der Waals surface area contributed by atoms with Crippen LogP contribution in [0.4, 0.5) is 0 Å². The van der Waals surface area contributed by atoms with E-state index in [0.717, 1.165) is 18.4 Å². The van der Waals surface area contributed by atoms with Gasteiger partial charge >= 0.3 is 0 Å². The molecule has 2 rings (SSSR count). The zero-order chi connectivity index (χ0) is 15.6. The smallest absolute Gasteiger partial charge is 0.109 e. The van der Waals surface area contributed by atoms with Crippen molar-refractivity contribution in [1.82, 2.24) is 0 Å². The summed E-state index contributed by atoms with van der Waals surface area (Å²) in [5.74, 6) is 1.56. The molecule has 1 nitrogen and oxygen atoms in total. The summed E-state index contributed by atoms with van der Waals surface area (Å²) in [6, 6.07) is 0. The predicted octanol–water partition coefficient (Wildman–Crippen LogP) is 6.79. The lowest BCUT2D eigenvalue weighted by molar-refractivity contribution is 0.250. The first kappa shape index (κ1) is 17.6.